The third-order valence-electron chi connectivity index (χ3n) is 0.703. The summed E-state index contributed by atoms with van der Waals surface area (Å²) in [6.07, 6.45) is -1.44. The quantitative estimate of drug-likeness (QED) is 0.454. The van der Waals surface area contributed by atoms with Crippen LogP contribution in [0.1, 0.15) is 6.92 Å². The van der Waals surface area contributed by atoms with E-state index in [1.807, 2.05) is 0 Å². The molecule has 0 aromatic rings. The molecule has 0 radical (unpaired) electrons. The molecule has 0 spiro atoms. The smallest absolute Gasteiger partial charge is 0.468 e. The predicted molar refractivity (Wildman–Crippen MR) is 30.5 cm³/mol. The van der Waals surface area contributed by atoms with E-state index >= 15 is 0 Å². The van der Waals surface area contributed by atoms with E-state index in [-0.39, 0.29) is 6.61 Å². The molecule has 60 valence electrons. The molecule has 0 aliphatic carbocycles. The highest BCUT2D eigenvalue weighted by atomic mass is 19.4. The molecular formula is C4H7BF3O2-. The van der Waals surface area contributed by atoms with Crippen LogP contribution in [0.15, 0.2) is 0 Å². The molecule has 0 unspecified atom stereocenters. The molecular weight excluding hydrogens is 148 g/mol. The Hall–Kier alpha value is -0.675. The highest BCUT2D eigenvalue weighted by molar-refractivity contribution is 6.62. The number of halogens is 3. The number of hydrogen-bond donors (Lipinski definition) is 0. The molecule has 0 heterocycles. The van der Waals surface area contributed by atoms with Crippen LogP contribution in [0.5, 0.6) is 0 Å². The van der Waals surface area contributed by atoms with E-state index in [2.05, 4.69) is 4.74 Å². The van der Waals surface area contributed by atoms with Crippen LogP contribution in [-0.4, -0.2) is 19.6 Å². The van der Waals surface area contributed by atoms with Crippen molar-refractivity contribution in [2.45, 2.75) is 13.2 Å². The second-order valence-corrected chi connectivity index (χ2v) is 1.72. The summed E-state index contributed by atoms with van der Waals surface area (Å²) >= 11 is 0. The van der Waals surface area contributed by atoms with Crippen LogP contribution < -0.4 is 0 Å². The van der Waals surface area contributed by atoms with Gasteiger partial charge in [-0.3, -0.25) is 4.79 Å². The topological polar surface area (TPSA) is 26.3 Å². The number of rotatable bonds is 3. The highest BCUT2D eigenvalue weighted by Gasteiger charge is 2.27. The van der Waals surface area contributed by atoms with Crippen LogP contribution in [0.3, 0.4) is 0 Å². The molecule has 0 aliphatic heterocycles. The Morgan fingerprint density at radius 3 is 2.30 bits per heavy atom. The van der Waals surface area contributed by atoms with E-state index in [0.29, 0.717) is 0 Å². The Kier molecular flexibility index (Phi) is 3.25. The van der Waals surface area contributed by atoms with Crippen LogP contribution in [0.2, 0.25) is 6.32 Å². The van der Waals surface area contributed by atoms with Gasteiger partial charge in [0.05, 0.1) is 6.61 Å². The average molecular weight is 155 g/mol. The normalized spacial score (nSPS) is 11.2. The van der Waals surface area contributed by atoms with Gasteiger partial charge < -0.3 is 17.7 Å². The van der Waals surface area contributed by atoms with Gasteiger partial charge in [0.2, 0.25) is 0 Å². The number of carbonyl (C=O) groups is 1. The lowest BCUT2D eigenvalue weighted by atomic mass is 9.87. The van der Waals surface area contributed by atoms with Gasteiger partial charge in [-0.05, 0) is 6.92 Å². The molecule has 0 amide bonds. The summed E-state index contributed by atoms with van der Waals surface area (Å²) in [5, 5.41) is 0. The van der Waals surface area contributed by atoms with Crippen molar-refractivity contribution in [3.63, 3.8) is 0 Å². The van der Waals surface area contributed by atoms with Gasteiger partial charge in [0, 0.05) is 6.32 Å². The lowest BCUT2D eigenvalue weighted by Crippen LogP contribution is -2.21. The van der Waals surface area contributed by atoms with Gasteiger partial charge in [0.25, 0.3) is 5.97 Å². The SMILES string of the molecule is CCOC(=O)C[B-](F)(F)F. The zero-order valence-electron chi connectivity index (χ0n) is 5.44. The van der Waals surface area contributed by atoms with E-state index < -0.39 is 19.3 Å². The minimum absolute atomic E-state index is 0.00894. The van der Waals surface area contributed by atoms with Crippen LogP contribution in [-0.2, 0) is 9.53 Å². The van der Waals surface area contributed by atoms with Crippen LogP contribution >= 0.6 is 0 Å². The molecule has 0 rings (SSSR count). The summed E-state index contributed by atoms with van der Waals surface area (Å²) in [5.74, 6) is -1.20. The first kappa shape index (κ1) is 9.32. The number of esters is 1. The average Bonchev–Trinajstić information content (AvgIpc) is 1.59. The van der Waals surface area contributed by atoms with Crippen molar-refractivity contribution in [1.82, 2.24) is 0 Å². The highest BCUT2D eigenvalue weighted by Crippen LogP contribution is 2.14. The van der Waals surface area contributed by atoms with Gasteiger partial charge in [0.1, 0.15) is 0 Å². The largest absolute Gasteiger partial charge is 0.489 e. The fraction of sp³-hybridized carbons (Fsp3) is 0.750. The molecule has 0 atom stereocenters. The minimum Gasteiger partial charge on any atom is -0.468 e. The zero-order chi connectivity index (χ0) is 8.20. The first-order chi connectivity index (χ1) is 4.45. The first-order valence-electron chi connectivity index (χ1n) is 2.82. The Morgan fingerprint density at radius 2 is 2.00 bits per heavy atom. The number of hydrogen-bond acceptors (Lipinski definition) is 2. The molecule has 6 heteroatoms. The van der Waals surface area contributed by atoms with E-state index in [9.17, 15) is 17.7 Å². The fourth-order valence-electron chi connectivity index (χ4n) is 0.409. The van der Waals surface area contributed by atoms with E-state index in [0.717, 1.165) is 0 Å². The molecule has 0 saturated heterocycles. The minimum atomic E-state index is -5.03. The maximum Gasteiger partial charge on any atom is 0.489 e. The monoisotopic (exact) mass is 155 g/mol. The van der Waals surface area contributed by atoms with Crippen molar-refractivity contribution in [2.24, 2.45) is 0 Å². The van der Waals surface area contributed by atoms with Crippen LogP contribution in [0.4, 0.5) is 12.9 Å². The second kappa shape index (κ2) is 3.48. The van der Waals surface area contributed by atoms with Crippen molar-refractivity contribution in [3.05, 3.63) is 0 Å². The zero-order valence-corrected chi connectivity index (χ0v) is 5.44. The van der Waals surface area contributed by atoms with Crippen molar-refractivity contribution in [1.29, 1.82) is 0 Å². The van der Waals surface area contributed by atoms with Gasteiger partial charge in [-0.15, -0.1) is 0 Å². The maximum atomic E-state index is 11.4. The first-order valence-corrected chi connectivity index (χ1v) is 2.82. The van der Waals surface area contributed by atoms with Crippen LogP contribution in [0, 0.1) is 0 Å². The Bertz CT molecular complexity index is 122. The maximum absolute atomic E-state index is 11.4. The second-order valence-electron chi connectivity index (χ2n) is 1.72. The van der Waals surface area contributed by atoms with Gasteiger partial charge in [-0.25, -0.2) is 0 Å². The summed E-state index contributed by atoms with van der Waals surface area (Å²) in [7, 11) is 0. The molecule has 0 N–H and O–H groups in total. The van der Waals surface area contributed by atoms with Gasteiger partial charge in [0.15, 0.2) is 0 Å². The molecule has 0 saturated carbocycles. The number of ether oxygens (including phenoxy) is 1. The summed E-state index contributed by atoms with van der Waals surface area (Å²) in [4.78, 5) is 10.1. The number of carbonyl (C=O) groups excluding carboxylic acids is 1. The molecule has 0 aliphatic rings. The summed E-state index contributed by atoms with van der Waals surface area (Å²) in [5.41, 5.74) is 0. The fourth-order valence-corrected chi connectivity index (χ4v) is 0.409. The van der Waals surface area contributed by atoms with E-state index in [4.69, 9.17) is 0 Å². The summed E-state index contributed by atoms with van der Waals surface area (Å²) < 4.78 is 38.2. The van der Waals surface area contributed by atoms with Crippen LogP contribution in [0.25, 0.3) is 0 Å². The molecule has 0 fully saturated rings. The van der Waals surface area contributed by atoms with Crippen molar-refractivity contribution in [2.75, 3.05) is 6.61 Å². The van der Waals surface area contributed by atoms with Gasteiger partial charge >= 0.3 is 6.98 Å². The van der Waals surface area contributed by atoms with Crippen molar-refractivity contribution in [3.8, 4) is 0 Å². The van der Waals surface area contributed by atoms with E-state index in [1.165, 1.54) is 6.92 Å². The Morgan fingerprint density at radius 1 is 1.50 bits per heavy atom. The molecule has 2 nitrogen and oxygen atoms in total. The van der Waals surface area contributed by atoms with Crippen molar-refractivity contribution < 1.29 is 22.5 Å². The van der Waals surface area contributed by atoms with Crippen molar-refractivity contribution >= 4 is 12.9 Å². The standard InChI is InChI=1S/C4H7BF3O2/c1-2-10-4(9)3-5(6,7)8/h2-3H2,1H3/q-1. The van der Waals surface area contributed by atoms with E-state index in [1.54, 1.807) is 0 Å². The predicted octanol–water partition coefficient (Wildman–Crippen LogP) is 1.40. The third-order valence-corrected chi connectivity index (χ3v) is 0.703. The molecule has 0 aromatic carbocycles. The summed E-state index contributed by atoms with van der Waals surface area (Å²) in [6.45, 7) is -3.58. The lowest BCUT2D eigenvalue weighted by Gasteiger charge is -2.11. The third kappa shape index (κ3) is 5.46. The molecule has 0 bridgehead atoms. The lowest BCUT2D eigenvalue weighted by molar-refractivity contribution is -0.140. The van der Waals surface area contributed by atoms with Gasteiger partial charge in [-0.2, -0.15) is 0 Å². The Balaban J connectivity index is 3.58. The Labute approximate surface area is 56.4 Å². The molecule has 0 aromatic heterocycles. The van der Waals surface area contributed by atoms with Gasteiger partial charge in [-0.1, -0.05) is 0 Å². The molecule has 10 heavy (non-hydrogen) atoms. The summed E-state index contributed by atoms with van der Waals surface area (Å²) in [6, 6.07) is 0.